The number of thiocarbonyl (C=S) groups is 1. The van der Waals surface area contributed by atoms with Crippen molar-refractivity contribution in [1.29, 1.82) is 0 Å². The van der Waals surface area contributed by atoms with Gasteiger partial charge in [0.05, 0.1) is 10.6 Å². The van der Waals surface area contributed by atoms with E-state index in [0.29, 0.717) is 6.42 Å². The van der Waals surface area contributed by atoms with Gasteiger partial charge in [0.25, 0.3) is 5.69 Å². The fraction of sp³-hybridized carbons (Fsp3) is 0.619. The molecule has 1 aromatic carbocycles. The Hall–Kier alpha value is -2.09. The maximum atomic E-state index is 13.7. The van der Waals surface area contributed by atoms with Crippen molar-refractivity contribution in [3.8, 4) is 0 Å². The number of anilines is 1. The van der Waals surface area contributed by atoms with Crippen LogP contribution in [0, 0.1) is 15.9 Å². The number of nitro groups is 1. The van der Waals surface area contributed by atoms with Gasteiger partial charge in [0, 0.05) is 18.6 Å². The molecule has 0 heterocycles. The maximum Gasteiger partial charge on any atom is 0.271 e. The molecule has 0 radical (unpaired) electrons. The maximum absolute atomic E-state index is 13.7. The van der Waals surface area contributed by atoms with Crippen molar-refractivity contribution in [1.82, 2.24) is 5.32 Å². The van der Waals surface area contributed by atoms with Gasteiger partial charge in [0.1, 0.15) is 5.82 Å². The average Bonchev–Trinajstić information content (AvgIpc) is 2.67. The molecule has 0 saturated heterocycles. The van der Waals surface area contributed by atoms with Crippen molar-refractivity contribution >= 4 is 34.6 Å². The first-order valence-corrected chi connectivity index (χ1v) is 10.9. The Balaban J connectivity index is 2.14. The van der Waals surface area contributed by atoms with Crippen molar-refractivity contribution in [3.05, 3.63) is 34.1 Å². The molecular formula is C21H32FN3O3S. The number of carbonyl (C=O) groups excluding carboxylic acids is 1. The molecule has 0 aliphatic rings. The molecule has 0 aliphatic carbocycles. The predicted octanol–water partition coefficient (Wildman–Crippen LogP) is 6.25. The van der Waals surface area contributed by atoms with Crippen LogP contribution in [0.1, 0.15) is 84.0 Å². The van der Waals surface area contributed by atoms with E-state index in [4.69, 9.17) is 12.2 Å². The number of benzene rings is 1. The van der Waals surface area contributed by atoms with E-state index in [-0.39, 0.29) is 22.4 Å². The molecule has 162 valence electrons. The average molecular weight is 426 g/mol. The van der Waals surface area contributed by atoms with Crippen LogP contribution >= 0.6 is 12.2 Å². The molecular weight excluding hydrogens is 393 g/mol. The fourth-order valence-corrected chi connectivity index (χ4v) is 3.24. The first-order chi connectivity index (χ1) is 13.9. The van der Waals surface area contributed by atoms with E-state index >= 15 is 0 Å². The summed E-state index contributed by atoms with van der Waals surface area (Å²) in [5.74, 6) is -0.929. The predicted molar refractivity (Wildman–Crippen MR) is 118 cm³/mol. The minimum atomic E-state index is -0.683. The van der Waals surface area contributed by atoms with Gasteiger partial charge in [-0.25, -0.2) is 4.39 Å². The highest BCUT2D eigenvalue weighted by molar-refractivity contribution is 7.80. The fourth-order valence-electron chi connectivity index (χ4n) is 3.02. The van der Waals surface area contributed by atoms with Crippen LogP contribution in [0.3, 0.4) is 0 Å². The molecule has 0 aliphatic heterocycles. The van der Waals surface area contributed by atoms with E-state index in [0.717, 1.165) is 37.5 Å². The van der Waals surface area contributed by atoms with E-state index in [2.05, 4.69) is 17.6 Å². The van der Waals surface area contributed by atoms with Gasteiger partial charge in [-0.3, -0.25) is 14.9 Å². The Bertz CT molecular complexity index is 671. The zero-order valence-electron chi connectivity index (χ0n) is 17.2. The Kier molecular flexibility index (Phi) is 12.8. The Morgan fingerprint density at radius 1 is 1.03 bits per heavy atom. The Morgan fingerprint density at radius 2 is 1.59 bits per heavy atom. The summed E-state index contributed by atoms with van der Waals surface area (Å²) in [6.07, 6.45) is 13.6. The summed E-state index contributed by atoms with van der Waals surface area (Å²) in [5, 5.41) is 15.7. The number of nitrogens with zero attached hydrogens (tertiary/aromatic N) is 1. The lowest BCUT2D eigenvalue weighted by Crippen LogP contribution is -2.34. The zero-order valence-corrected chi connectivity index (χ0v) is 18.0. The van der Waals surface area contributed by atoms with Crippen molar-refractivity contribution in [2.75, 3.05) is 5.32 Å². The Labute approximate surface area is 177 Å². The number of carbonyl (C=O) groups is 1. The topological polar surface area (TPSA) is 84.3 Å². The highest BCUT2D eigenvalue weighted by Gasteiger charge is 2.12. The minimum Gasteiger partial charge on any atom is -0.330 e. The van der Waals surface area contributed by atoms with Crippen LogP contribution in [-0.4, -0.2) is 15.9 Å². The second kappa shape index (κ2) is 14.8. The summed E-state index contributed by atoms with van der Waals surface area (Å²) in [6, 6.07) is 3.09. The number of hydrogen-bond acceptors (Lipinski definition) is 4. The van der Waals surface area contributed by atoms with Crippen molar-refractivity contribution in [2.24, 2.45) is 0 Å². The van der Waals surface area contributed by atoms with Gasteiger partial charge < -0.3 is 10.6 Å². The smallest absolute Gasteiger partial charge is 0.271 e. The number of nitro benzene ring substituents is 1. The van der Waals surface area contributed by atoms with Gasteiger partial charge in [0.15, 0.2) is 5.11 Å². The van der Waals surface area contributed by atoms with E-state index in [1.165, 1.54) is 51.4 Å². The quantitative estimate of drug-likeness (QED) is 0.159. The van der Waals surface area contributed by atoms with E-state index in [9.17, 15) is 19.3 Å². The van der Waals surface area contributed by atoms with E-state index in [1.54, 1.807) is 0 Å². The third-order valence-corrected chi connectivity index (χ3v) is 4.87. The van der Waals surface area contributed by atoms with Crippen LogP contribution < -0.4 is 10.6 Å². The van der Waals surface area contributed by atoms with Crippen LogP contribution in [-0.2, 0) is 4.79 Å². The van der Waals surface area contributed by atoms with Crippen molar-refractivity contribution < 1.29 is 14.1 Å². The summed E-state index contributed by atoms with van der Waals surface area (Å²) >= 11 is 4.99. The van der Waals surface area contributed by atoms with Crippen LogP contribution in [0.15, 0.2) is 18.2 Å². The summed E-state index contributed by atoms with van der Waals surface area (Å²) in [7, 11) is 0. The first-order valence-electron chi connectivity index (χ1n) is 10.5. The lowest BCUT2D eigenvalue weighted by molar-refractivity contribution is -0.384. The second-order valence-electron chi connectivity index (χ2n) is 7.21. The van der Waals surface area contributed by atoms with Gasteiger partial charge >= 0.3 is 0 Å². The lowest BCUT2D eigenvalue weighted by Gasteiger charge is -2.10. The van der Waals surface area contributed by atoms with Crippen LogP contribution in [0.4, 0.5) is 15.8 Å². The lowest BCUT2D eigenvalue weighted by atomic mass is 10.1. The highest BCUT2D eigenvalue weighted by atomic mass is 32.1. The normalized spacial score (nSPS) is 10.6. The molecule has 0 bridgehead atoms. The molecule has 0 saturated carbocycles. The molecule has 0 aromatic heterocycles. The van der Waals surface area contributed by atoms with Gasteiger partial charge in [-0.15, -0.1) is 0 Å². The van der Waals surface area contributed by atoms with Gasteiger partial charge in [0.2, 0.25) is 5.91 Å². The summed E-state index contributed by atoms with van der Waals surface area (Å²) < 4.78 is 13.7. The molecule has 2 N–H and O–H groups in total. The van der Waals surface area contributed by atoms with Crippen LogP contribution in [0.2, 0.25) is 0 Å². The molecule has 0 fully saturated rings. The minimum absolute atomic E-state index is 0.0718. The Morgan fingerprint density at radius 3 is 2.14 bits per heavy atom. The van der Waals surface area contributed by atoms with E-state index in [1.807, 2.05) is 0 Å². The van der Waals surface area contributed by atoms with E-state index < -0.39 is 10.7 Å². The molecule has 1 rings (SSSR count). The van der Waals surface area contributed by atoms with Gasteiger partial charge in [-0.1, -0.05) is 71.1 Å². The molecule has 0 unspecified atom stereocenters. The van der Waals surface area contributed by atoms with Crippen molar-refractivity contribution in [2.45, 2.75) is 84.0 Å². The number of non-ortho nitro benzene ring substituents is 1. The zero-order chi connectivity index (χ0) is 21.5. The number of amides is 1. The molecule has 1 amide bonds. The molecule has 8 heteroatoms. The monoisotopic (exact) mass is 425 g/mol. The first kappa shape index (κ1) is 24.9. The molecule has 6 nitrogen and oxygen atoms in total. The highest BCUT2D eigenvalue weighted by Crippen LogP contribution is 2.21. The third-order valence-electron chi connectivity index (χ3n) is 4.67. The second-order valence-corrected chi connectivity index (χ2v) is 7.62. The third kappa shape index (κ3) is 11.5. The molecule has 29 heavy (non-hydrogen) atoms. The largest absolute Gasteiger partial charge is 0.330 e. The van der Waals surface area contributed by atoms with Gasteiger partial charge in [-0.05, 0) is 24.7 Å². The van der Waals surface area contributed by atoms with Gasteiger partial charge in [-0.2, -0.15) is 0 Å². The number of nitrogens with one attached hydrogen (secondary N) is 2. The van der Waals surface area contributed by atoms with Crippen LogP contribution in [0.25, 0.3) is 0 Å². The molecule has 0 spiro atoms. The summed E-state index contributed by atoms with van der Waals surface area (Å²) in [6.45, 7) is 2.22. The number of rotatable bonds is 14. The number of hydrogen-bond donors (Lipinski definition) is 2. The standard InChI is InChI=1S/C21H32FN3O3S/c1-2-3-4-5-6-7-8-9-10-11-12-13-20(26)24-21(29)23-19-16-17(25(27)28)14-15-18(19)22/h14-16H,2-13H2,1H3,(H2,23,24,26,29). The number of unbranched alkanes of at least 4 members (excludes halogenated alkanes) is 10. The molecule has 0 atom stereocenters. The molecule has 1 aromatic rings. The number of halogens is 1. The van der Waals surface area contributed by atoms with Crippen molar-refractivity contribution in [3.63, 3.8) is 0 Å². The SMILES string of the molecule is CCCCCCCCCCCCCC(=O)NC(=S)Nc1cc([N+](=O)[O-])ccc1F. The summed E-state index contributed by atoms with van der Waals surface area (Å²) in [4.78, 5) is 22.1. The van der Waals surface area contributed by atoms with Crippen LogP contribution in [0.5, 0.6) is 0 Å². The summed E-state index contributed by atoms with van der Waals surface area (Å²) in [5.41, 5.74) is -0.400.